The summed E-state index contributed by atoms with van der Waals surface area (Å²) in [6.07, 6.45) is 0.807. The van der Waals surface area contributed by atoms with Gasteiger partial charge in [0.1, 0.15) is 10.6 Å². The predicted octanol–water partition coefficient (Wildman–Crippen LogP) is 3.73. The normalized spacial score (nSPS) is 14.7. The average Bonchev–Trinajstić information content (AvgIpc) is 2.70. The number of ether oxygens (including phenoxy) is 1. The summed E-state index contributed by atoms with van der Waals surface area (Å²) in [7, 11) is -3.79. The lowest BCUT2D eigenvalue weighted by atomic mass is 10.3. The van der Waals surface area contributed by atoms with Gasteiger partial charge in [-0.3, -0.25) is 4.79 Å². The smallest absolute Gasteiger partial charge is 0.286 e. The summed E-state index contributed by atoms with van der Waals surface area (Å²) in [5.41, 5.74) is 1.17. The van der Waals surface area contributed by atoms with E-state index in [0.29, 0.717) is 35.4 Å². The molecule has 0 bridgehead atoms. The molecule has 0 saturated heterocycles. The number of sulfonamides is 1. The summed E-state index contributed by atoms with van der Waals surface area (Å²) >= 11 is 1.10. The van der Waals surface area contributed by atoms with Crippen molar-refractivity contribution in [3.63, 3.8) is 0 Å². The number of thioether (sulfide) groups is 1. The first-order valence-corrected chi connectivity index (χ1v) is 11.7. The highest BCUT2D eigenvalue weighted by molar-refractivity contribution is 8.15. The quantitative estimate of drug-likeness (QED) is 0.716. The Hall–Kier alpha value is -2.52. The Kier molecular flexibility index (Phi) is 6.81. The fourth-order valence-electron chi connectivity index (χ4n) is 2.91. The number of hydrogen-bond acceptors (Lipinski definition) is 6. The van der Waals surface area contributed by atoms with Crippen LogP contribution < -0.4 is 15.0 Å². The van der Waals surface area contributed by atoms with E-state index in [1.807, 2.05) is 30.9 Å². The zero-order valence-corrected chi connectivity index (χ0v) is 17.9. The van der Waals surface area contributed by atoms with E-state index >= 15 is 0 Å². The van der Waals surface area contributed by atoms with Gasteiger partial charge < -0.3 is 15.0 Å². The molecule has 0 atom stereocenters. The number of amidine groups is 1. The molecule has 29 heavy (non-hydrogen) atoms. The predicted molar refractivity (Wildman–Crippen MR) is 117 cm³/mol. The van der Waals surface area contributed by atoms with E-state index < -0.39 is 10.0 Å². The van der Waals surface area contributed by atoms with Crippen LogP contribution in [0.3, 0.4) is 0 Å². The minimum Gasteiger partial charge on any atom is -0.492 e. The van der Waals surface area contributed by atoms with E-state index in [-0.39, 0.29) is 16.6 Å². The maximum Gasteiger partial charge on any atom is 0.286 e. The van der Waals surface area contributed by atoms with Crippen molar-refractivity contribution in [3.05, 3.63) is 48.5 Å². The number of para-hydroxylation sites is 3. The molecule has 7 nitrogen and oxygen atoms in total. The highest BCUT2D eigenvalue weighted by Crippen LogP contribution is 2.34. The number of carbonyl (C=O) groups is 1. The Balaban J connectivity index is 1.76. The summed E-state index contributed by atoms with van der Waals surface area (Å²) in [6, 6.07) is 14.0. The van der Waals surface area contributed by atoms with Crippen LogP contribution in [-0.2, 0) is 14.8 Å². The van der Waals surface area contributed by atoms with Crippen LogP contribution in [0.4, 0.5) is 11.4 Å². The number of nitrogens with one attached hydrogen (secondary N) is 1. The number of fused-ring (bicyclic) bond motifs is 1. The summed E-state index contributed by atoms with van der Waals surface area (Å²) < 4.78 is 34.6. The molecule has 1 aliphatic heterocycles. The first-order valence-electron chi connectivity index (χ1n) is 9.32. The summed E-state index contributed by atoms with van der Waals surface area (Å²) in [5, 5.41) is 3.12. The highest BCUT2D eigenvalue weighted by Gasteiger charge is 2.30. The van der Waals surface area contributed by atoms with Crippen LogP contribution >= 0.6 is 11.8 Å². The lowest BCUT2D eigenvalue weighted by molar-refractivity contribution is -0.113. The lowest BCUT2D eigenvalue weighted by Gasteiger charge is -2.29. The van der Waals surface area contributed by atoms with Crippen LogP contribution in [0.5, 0.6) is 5.75 Å². The molecule has 1 heterocycles. The van der Waals surface area contributed by atoms with Crippen molar-refractivity contribution >= 4 is 44.2 Å². The van der Waals surface area contributed by atoms with Crippen molar-refractivity contribution in [1.82, 2.24) is 0 Å². The van der Waals surface area contributed by atoms with Crippen LogP contribution in [0.25, 0.3) is 0 Å². The molecule has 0 radical (unpaired) electrons. The van der Waals surface area contributed by atoms with Gasteiger partial charge in [-0.2, -0.15) is 8.42 Å². The molecule has 0 spiro atoms. The van der Waals surface area contributed by atoms with E-state index in [0.717, 1.165) is 18.2 Å². The van der Waals surface area contributed by atoms with Crippen molar-refractivity contribution in [1.29, 1.82) is 0 Å². The third kappa shape index (κ3) is 4.91. The van der Waals surface area contributed by atoms with Crippen molar-refractivity contribution in [2.75, 3.05) is 29.1 Å². The number of anilines is 2. The molecule has 0 aliphatic carbocycles. The van der Waals surface area contributed by atoms with Gasteiger partial charge >= 0.3 is 0 Å². The zero-order valence-electron chi connectivity index (χ0n) is 16.3. The Bertz CT molecular complexity index is 1020. The fraction of sp³-hybridized carbons (Fsp3) is 0.300. The van der Waals surface area contributed by atoms with Crippen molar-refractivity contribution < 1.29 is 17.9 Å². The van der Waals surface area contributed by atoms with Gasteiger partial charge in [0.25, 0.3) is 10.0 Å². The van der Waals surface area contributed by atoms with E-state index in [4.69, 9.17) is 4.74 Å². The van der Waals surface area contributed by atoms with E-state index in [9.17, 15) is 13.2 Å². The van der Waals surface area contributed by atoms with Gasteiger partial charge in [-0.05, 0) is 37.6 Å². The zero-order chi connectivity index (χ0) is 20.9. The van der Waals surface area contributed by atoms with Gasteiger partial charge in [0.2, 0.25) is 5.91 Å². The summed E-state index contributed by atoms with van der Waals surface area (Å²) in [5.74, 6) is 0.349. The second kappa shape index (κ2) is 9.32. The summed E-state index contributed by atoms with van der Waals surface area (Å²) in [4.78, 5) is 14.5. The largest absolute Gasteiger partial charge is 0.492 e. The molecule has 0 aromatic heterocycles. The topological polar surface area (TPSA) is 88.1 Å². The maximum absolute atomic E-state index is 12.5. The van der Waals surface area contributed by atoms with Gasteiger partial charge in [-0.15, -0.1) is 4.40 Å². The van der Waals surface area contributed by atoms with E-state index in [2.05, 4.69) is 9.71 Å². The molecule has 0 fully saturated rings. The van der Waals surface area contributed by atoms with E-state index in [1.165, 1.54) is 0 Å². The molecule has 154 valence electrons. The first kappa shape index (κ1) is 21.2. The van der Waals surface area contributed by atoms with Crippen LogP contribution in [-0.4, -0.2) is 38.4 Å². The molecule has 3 rings (SSSR count). The van der Waals surface area contributed by atoms with Crippen LogP contribution in [0.2, 0.25) is 0 Å². The molecule has 1 N–H and O–H groups in total. The van der Waals surface area contributed by atoms with Crippen molar-refractivity contribution in [3.8, 4) is 5.75 Å². The molecular formula is C20H23N3O4S2. The SMILES string of the molecule is CCCN1C(SCC(=O)Nc2ccccc2OCC)=NS(=O)(=O)c2ccccc21. The Morgan fingerprint density at radius 2 is 1.86 bits per heavy atom. The maximum atomic E-state index is 12.5. The minimum atomic E-state index is -3.79. The van der Waals surface area contributed by atoms with Crippen molar-refractivity contribution in [2.45, 2.75) is 25.2 Å². The van der Waals surface area contributed by atoms with E-state index in [1.54, 1.807) is 36.4 Å². The molecule has 2 aromatic carbocycles. The van der Waals surface area contributed by atoms with Gasteiger partial charge in [-0.1, -0.05) is 43.0 Å². The average molecular weight is 434 g/mol. The standard InChI is InChI=1S/C20H23N3O4S2/c1-3-13-23-16-10-6-8-12-18(16)29(25,26)22-20(23)28-14-19(24)21-15-9-5-7-11-17(15)27-4-2/h5-12H,3-4,13-14H2,1-2H3,(H,21,24). The van der Waals surface area contributed by atoms with Crippen LogP contribution in [0, 0.1) is 0 Å². The number of amides is 1. The third-order valence-corrected chi connectivity index (χ3v) is 6.51. The molecule has 0 saturated carbocycles. The van der Waals surface area contributed by atoms with Gasteiger partial charge in [0.05, 0.1) is 23.7 Å². The van der Waals surface area contributed by atoms with Crippen molar-refractivity contribution in [2.24, 2.45) is 4.40 Å². The fourth-order valence-corrected chi connectivity index (χ4v) is 5.19. The Morgan fingerprint density at radius 1 is 1.14 bits per heavy atom. The number of nitrogens with zero attached hydrogens (tertiary/aromatic N) is 2. The molecule has 0 unspecified atom stereocenters. The Labute approximate surface area is 175 Å². The Morgan fingerprint density at radius 3 is 2.62 bits per heavy atom. The molecule has 2 aromatic rings. The third-order valence-electron chi connectivity index (χ3n) is 4.10. The summed E-state index contributed by atoms with van der Waals surface area (Å²) in [6.45, 7) is 4.97. The second-order valence-electron chi connectivity index (χ2n) is 6.23. The highest BCUT2D eigenvalue weighted by atomic mass is 32.2. The molecule has 1 amide bonds. The molecule has 9 heteroatoms. The number of benzene rings is 2. The minimum absolute atomic E-state index is 0.0250. The first-order chi connectivity index (χ1) is 14.0. The van der Waals surface area contributed by atoms with Crippen LogP contribution in [0.15, 0.2) is 57.8 Å². The molecule has 1 aliphatic rings. The second-order valence-corrected chi connectivity index (χ2v) is 8.75. The number of carbonyl (C=O) groups excluding carboxylic acids is 1. The number of hydrogen-bond donors (Lipinski definition) is 1. The lowest BCUT2D eigenvalue weighted by Crippen LogP contribution is -2.35. The van der Waals surface area contributed by atoms with Gasteiger partial charge in [0.15, 0.2) is 5.17 Å². The van der Waals surface area contributed by atoms with Gasteiger partial charge in [-0.25, -0.2) is 0 Å². The van der Waals surface area contributed by atoms with Gasteiger partial charge in [0, 0.05) is 6.54 Å². The van der Waals surface area contributed by atoms with Crippen LogP contribution in [0.1, 0.15) is 20.3 Å². The monoisotopic (exact) mass is 433 g/mol. The molecular weight excluding hydrogens is 410 g/mol. The number of rotatable bonds is 7.